The van der Waals surface area contributed by atoms with Gasteiger partial charge in [0.25, 0.3) is 5.91 Å². The van der Waals surface area contributed by atoms with Crippen molar-refractivity contribution in [3.63, 3.8) is 0 Å². The monoisotopic (exact) mass is 381 g/mol. The predicted molar refractivity (Wildman–Crippen MR) is 91.5 cm³/mol. The maximum absolute atomic E-state index is 11.6. The molecule has 0 radical (unpaired) electrons. The number of hydrogen-bond acceptors (Lipinski definition) is 4. The number of phenolic OH excluding ortho intramolecular Hbond substituents is 1. The molecule has 0 bridgehead atoms. The highest BCUT2D eigenvalue weighted by atomic mass is 79.9. The lowest BCUT2D eigenvalue weighted by Gasteiger charge is -2.05. The van der Waals surface area contributed by atoms with Crippen LogP contribution >= 0.6 is 27.5 Å². The Kier molecular flexibility index (Phi) is 5.80. The van der Waals surface area contributed by atoms with Gasteiger partial charge in [0.15, 0.2) is 0 Å². The first-order chi connectivity index (χ1) is 10.5. The molecule has 0 aliphatic carbocycles. The van der Waals surface area contributed by atoms with Crippen molar-refractivity contribution >= 4 is 45.3 Å². The Hall–Kier alpha value is -2.05. The minimum atomic E-state index is -0.305. The summed E-state index contributed by atoms with van der Waals surface area (Å²) in [6.07, 6.45) is 1.38. The zero-order valence-corrected chi connectivity index (χ0v) is 13.7. The fourth-order valence-corrected chi connectivity index (χ4v) is 2.10. The lowest BCUT2D eigenvalue weighted by Crippen LogP contribution is -2.25. The first kappa shape index (κ1) is 16.3. The van der Waals surface area contributed by atoms with Crippen molar-refractivity contribution in [2.45, 2.75) is 0 Å². The number of nitrogens with zero attached hydrogens (tertiary/aromatic N) is 1. The van der Waals surface area contributed by atoms with Gasteiger partial charge in [-0.05, 0) is 42.5 Å². The highest BCUT2D eigenvalue weighted by Gasteiger charge is 2.01. The molecule has 7 heteroatoms. The second-order valence-electron chi connectivity index (χ2n) is 4.36. The van der Waals surface area contributed by atoms with Crippen LogP contribution in [0.15, 0.2) is 52.0 Å². The molecule has 0 aromatic heterocycles. The fourth-order valence-electron chi connectivity index (χ4n) is 1.59. The topological polar surface area (TPSA) is 73.7 Å². The van der Waals surface area contributed by atoms with E-state index in [-0.39, 0.29) is 18.2 Å². The van der Waals surface area contributed by atoms with Crippen LogP contribution in [0.3, 0.4) is 0 Å². The van der Waals surface area contributed by atoms with E-state index >= 15 is 0 Å². The number of carbonyl (C=O) groups excluding carboxylic acids is 1. The maximum atomic E-state index is 11.6. The van der Waals surface area contributed by atoms with Gasteiger partial charge in [-0.1, -0.05) is 27.5 Å². The molecule has 22 heavy (non-hydrogen) atoms. The molecule has 0 fully saturated rings. The van der Waals surface area contributed by atoms with E-state index in [2.05, 4.69) is 31.8 Å². The lowest BCUT2D eigenvalue weighted by atomic mass is 10.2. The summed E-state index contributed by atoms with van der Waals surface area (Å²) in [6.45, 7) is 0.0729. The van der Waals surface area contributed by atoms with Crippen molar-refractivity contribution in [3.05, 3.63) is 57.5 Å². The van der Waals surface area contributed by atoms with Crippen LogP contribution in [0.5, 0.6) is 5.75 Å². The molecule has 2 rings (SSSR count). The molecule has 0 aliphatic heterocycles. The third-order valence-corrected chi connectivity index (χ3v) is 3.42. The van der Waals surface area contributed by atoms with Crippen molar-refractivity contribution in [2.75, 3.05) is 11.9 Å². The molecule has 1 amide bonds. The number of carbonyl (C=O) groups is 1. The average Bonchev–Trinajstić information content (AvgIpc) is 2.50. The van der Waals surface area contributed by atoms with E-state index in [1.54, 1.807) is 36.4 Å². The van der Waals surface area contributed by atoms with Gasteiger partial charge in [-0.2, -0.15) is 5.10 Å². The number of hydrogen-bond donors (Lipinski definition) is 3. The zero-order valence-electron chi connectivity index (χ0n) is 11.4. The number of amides is 1. The van der Waals surface area contributed by atoms with E-state index in [4.69, 9.17) is 11.6 Å². The highest BCUT2D eigenvalue weighted by Crippen LogP contribution is 2.19. The van der Waals surface area contributed by atoms with Crippen LogP contribution in [0.2, 0.25) is 5.02 Å². The normalized spacial score (nSPS) is 10.6. The molecular formula is C15H13BrClN3O2. The van der Waals surface area contributed by atoms with Crippen molar-refractivity contribution in [1.82, 2.24) is 5.43 Å². The number of hydrazone groups is 1. The van der Waals surface area contributed by atoms with Crippen molar-refractivity contribution < 1.29 is 9.90 Å². The Morgan fingerprint density at radius 2 is 2.00 bits per heavy atom. The number of rotatable bonds is 5. The number of anilines is 1. The summed E-state index contributed by atoms with van der Waals surface area (Å²) >= 11 is 9.07. The summed E-state index contributed by atoms with van der Waals surface area (Å²) in [7, 11) is 0. The third-order valence-electron chi connectivity index (χ3n) is 2.68. The Morgan fingerprint density at radius 3 is 2.73 bits per heavy atom. The van der Waals surface area contributed by atoms with Gasteiger partial charge in [0.2, 0.25) is 0 Å². The molecule has 0 saturated heterocycles. The summed E-state index contributed by atoms with van der Waals surface area (Å²) in [5.41, 5.74) is 3.66. The second kappa shape index (κ2) is 7.82. The zero-order chi connectivity index (χ0) is 15.9. The van der Waals surface area contributed by atoms with Crippen LogP contribution < -0.4 is 10.7 Å². The van der Waals surface area contributed by atoms with Gasteiger partial charge < -0.3 is 10.4 Å². The van der Waals surface area contributed by atoms with Gasteiger partial charge in [0, 0.05) is 20.7 Å². The van der Waals surface area contributed by atoms with E-state index in [1.807, 2.05) is 0 Å². The smallest absolute Gasteiger partial charge is 0.259 e. The number of nitrogens with one attached hydrogen (secondary N) is 2. The van der Waals surface area contributed by atoms with Crippen molar-refractivity contribution in [1.29, 1.82) is 0 Å². The maximum Gasteiger partial charge on any atom is 0.259 e. The van der Waals surface area contributed by atoms with Crippen LogP contribution in [0.4, 0.5) is 5.69 Å². The second-order valence-corrected chi connectivity index (χ2v) is 5.71. The fraction of sp³-hybridized carbons (Fsp3) is 0.0667. The number of aromatic hydroxyl groups is 1. The molecule has 114 valence electrons. The molecule has 3 N–H and O–H groups in total. The van der Waals surface area contributed by atoms with E-state index in [0.717, 1.165) is 10.2 Å². The number of benzene rings is 2. The van der Waals surface area contributed by atoms with Crippen molar-refractivity contribution in [2.24, 2.45) is 5.10 Å². The molecule has 2 aromatic rings. The van der Waals surface area contributed by atoms with Gasteiger partial charge in [0.05, 0.1) is 12.8 Å². The van der Waals surface area contributed by atoms with Crippen molar-refractivity contribution in [3.8, 4) is 5.75 Å². The quantitative estimate of drug-likeness (QED) is 0.548. The van der Waals surface area contributed by atoms with E-state index in [1.165, 1.54) is 12.3 Å². The standard InChI is InChI=1S/C15H13BrClN3O2/c16-11-1-6-14(21)10(7-11)8-19-20-15(22)9-18-13-4-2-12(17)3-5-13/h1-8,18,21H,9H2,(H,20,22). The molecule has 0 heterocycles. The van der Waals surface area contributed by atoms with Gasteiger partial charge in [-0.3, -0.25) is 4.79 Å². The molecule has 0 spiro atoms. The Balaban J connectivity index is 1.83. The number of halogens is 2. The van der Waals surface area contributed by atoms with E-state index < -0.39 is 0 Å². The van der Waals surface area contributed by atoms with Gasteiger partial charge in [0.1, 0.15) is 5.75 Å². The number of phenols is 1. The summed E-state index contributed by atoms with van der Waals surface area (Å²) in [5.74, 6) is -0.221. The van der Waals surface area contributed by atoms with Gasteiger partial charge >= 0.3 is 0 Å². The van der Waals surface area contributed by atoms with Gasteiger partial charge in [-0.15, -0.1) is 0 Å². The minimum absolute atomic E-state index is 0.0729. The van der Waals surface area contributed by atoms with Gasteiger partial charge in [-0.25, -0.2) is 5.43 Å². The molecule has 2 aromatic carbocycles. The summed E-state index contributed by atoms with van der Waals surface area (Å²) in [4.78, 5) is 11.6. The molecule has 0 saturated carbocycles. The lowest BCUT2D eigenvalue weighted by molar-refractivity contribution is -0.119. The molecule has 5 nitrogen and oxygen atoms in total. The average molecular weight is 383 g/mol. The molecule has 0 atom stereocenters. The highest BCUT2D eigenvalue weighted by molar-refractivity contribution is 9.10. The van der Waals surface area contributed by atoms with Crippen LogP contribution in [-0.4, -0.2) is 23.8 Å². The first-order valence-corrected chi connectivity index (χ1v) is 7.51. The van der Waals surface area contributed by atoms with E-state index in [0.29, 0.717) is 10.6 Å². The van der Waals surface area contributed by atoms with Crippen LogP contribution in [0, 0.1) is 0 Å². The van der Waals surface area contributed by atoms with Crippen LogP contribution in [0.25, 0.3) is 0 Å². The first-order valence-electron chi connectivity index (χ1n) is 6.34. The Morgan fingerprint density at radius 1 is 1.27 bits per heavy atom. The molecular weight excluding hydrogens is 370 g/mol. The van der Waals surface area contributed by atoms with E-state index in [9.17, 15) is 9.90 Å². The SMILES string of the molecule is O=C(CNc1ccc(Cl)cc1)NN=Cc1cc(Br)ccc1O. The molecule has 0 aliphatic rings. The third kappa shape index (κ3) is 5.05. The minimum Gasteiger partial charge on any atom is -0.507 e. The van der Waals surface area contributed by atoms with Crippen LogP contribution in [-0.2, 0) is 4.79 Å². The Bertz CT molecular complexity index is 690. The van der Waals surface area contributed by atoms with Crippen LogP contribution in [0.1, 0.15) is 5.56 Å². The molecule has 0 unspecified atom stereocenters. The summed E-state index contributed by atoms with van der Waals surface area (Å²) < 4.78 is 0.808. The largest absolute Gasteiger partial charge is 0.507 e. The summed E-state index contributed by atoms with van der Waals surface area (Å²) in [5, 5.41) is 17.0. The predicted octanol–water partition coefficient (Wildman–Crippen LogP) is 3.37. The summed E-state index contributed by atoms with van der Waals surface area (Å²) in [6, 6.07) is 12.0. The Labute approximate surface area is 141 Å².